The van der Waals surface area contributed by atoms with Gasteiger partial charge in [0.15, 0.2) is 5.78 Å². The van der Waals surface area contributed by atoms with Crippen LogP contribution in [0.4, 0.5) is 0 Å². The average Bonchev–Trinajstić information content (AvgIpc) is 2.95. The van der Waals surface area contributed by atoms with Crippen LogP contribution in [0, 0.1) is 5.92 Å². The van der Waals surface area contributed by atoms with Crippen molar-refractivity contribution in [3.8, 4) is 0 Å². The highest BCUT2D eigenvalue weighted by Gasteiger charge is 2.16. The maximum atomic E-state index is 12.1. The molecule has 3 nitrogen and oxygen atoms in total. The summed E-state index contributed by atoms with van der Waals surface area (Å²) in [6.07, 6.45) is 5.58. The number of hydrogen-bond acceptors (Lipinski definition) is 3. The Hall–Kier alpha value is -1.19. The zero-order valence-corrected chi connectivity index (χ0v) is 11.9. The Morgan fingerprint density at radius 1 is 1.20 bits per heavy atom. The minimum Gasteiger partial charge on any atom is -0.381 e. The lowest BCUT2D eigenvalue weighted by Gasteiger charge is -2.21. The highest BCUT2D eigenvalue weighted by Crippen LogP contribution is 2.23. The first kappa shape index (κ1) is 13.8. The van der Waals surface area contributed by atoms with E-state index in [0.29, 0.717) is 12.5 Å². The molecule has 1 heterocycles. The number of hydrogen-bond donors (Lipinski definition) is 0. The van der Waals surface area contributed by atoms with E-state index in [1.165, 1.54) is 17.5 Å². The highest BCUT2D eigenvalue weighted by molar-refractivity contribution is 5.97. The summed E-state index contributed by atoms with van der Waals surface area (Å²) in [5.41, 5.74) is 3.56. The summed E-state index contributed by atoms with van der Waals surface area (Å²) in [6.45, 7) is 2.54. The summed E-state index contributed by atoms with van der Waals surface area (Å²) < 4.78 is 10.9. The second-order valence-corrected chi connectivity index (χ2v) is 5.83. The van der Waals surface area contributed by atoms with Gasteiger partial charge in [0.25, 0.3) is 0 Å². The molecule has 3 rings (SSSR count). The minimum atomic E-state index is 0.103. The molecule has 1 aromatic rings. The van der Waals surface area contributed by atoms with E-state index >= 15 is 0 Å². The van der Waals surface area contributed by atoms with Crippen molar-refractivity contribution in [2.75, 3.05) is 26.4 Å². The Balaban J connectivity index is 1.49. The molecule has 1 aliphatic heterocycles. The summed E-state index contributed by atoms with van der Waals surface area (Å²) in [5.74, 6) is 0.656. The van der Waals surface area contributed by atoms with E-state index in [9.17, 15) is 4.79 Å². The van der Waals surface area contributed by atoms with E-state index in [1.54, 1.807) is 0 Å². The third-order valence-corrected chi connectivity index (χ3v) is 4.35. The summed E-state index contributed by atoms with van der Waals surface area (Å²) in [7, 11) is 0. The van der Waals surface area contributed by atoms with Crippen LogP contribution in [0.3, 0.4) is 0 Å². The third kappa shape index (κ3) is 3.28. The molecule has 0 aromatic heterocycles. The Kier molecular flexibility index (Phi) is 4.48. The van der Waals surface area contributed by atoms with Crippen molar-refractivity contribution < 1.29 is 14.3 Å². The van der Waals surface area contributed by atoms with Gasteiger partial charge in [0.1, 0.15) is 6.61 Å². The van der Waals surface area contributed by atoms with Crippen LogP contribution in [0.2, 0.25) is 0 Å². The molecule has 0 atom stereocenters. The van der Waals surface area contributed by atoms with Gasteiger partial charge in [0.2, 0.25) is 0 Å². The van der Waals surface area contributed by atoms with Crippen molar-refractivity contribution in [1.29, 1.82) is 0 Å². The zero-order valence-electron chi connectivity index (χ0n) is 11.9. The second kappa shape index (κ2) is 6.51. The fourth-order valence-electron chi connectivity index (χ4n) is 3.06. The minimum absolute atomic E-state index is 0.103. The van der Waals surface area contributed by atoms with E-state index in [4.69, 9.17) is 9.47 Å². The molecule has 0 N–H and O–H groups in total. The van der Waals surface area contributed by atoms with Crippen molar-refractivity contribution in [2.24, 2.45) is 5.92 Å². The summed E-state index contributed by atoms with van der Waals surface area (Å²) in [5, 5.41) is 0. The van der Waals surface area contributed by atoms with E-state index in [2.05, 4.69) is 12.1 Å². The van der Waals surface area contributed by atoms with Gasteiger partial charge < -0.3 is 9.47 Å². The normalized spacial score (nSPS) is 19.0. The van der Waals surface area contributed by atoms with Crippen LogP contribution in [0.15, 0.2) is 18.2 Å². The van der Waals surface area contributed by atoms with Gasteiger partial charge >= 0.3 is 0 Å². The fourth-order valence-corrected chi connectivity index (χ4v) is 3.06. The van der Waals surface area contributed by atoms with Crippen LogP contribution < -0.4 is 0 Å². The maximum Gasteiger partial charge on any atom is 0.188 e. The van der Waals surface area contributed by atoms with Gasteiger partial charge in [-0.25, -0.2) is 0 Å². The predicted molar refractivity (Wildman–Crippen MR) is 77.2 cm³/mol. The first-order valence-corrected chi connectivity index (χ1v) is 7.63. The number of carbonyl (C=O) groups is 1. The molecule has 0 amide bonds. The van der Waals surface area contributed by atoms with Gasteiger partial charge in [-0.1, -0.05) is 12.1 Å². The highest BCUT2D eigenvalue weighted by atomic mass is 16.5. The molecule has 0 saturated carbocycles. The lowest BCUT2D eigenvalue weighted by molar-refractivity contribution is 0.0216. The number of aryl methyl sites for hydroxylation is 2. The maximum absolute atomic E-state index is 12.1. The molecule has 1 saturated heterocycles. The number of carbonyl (C=O) groups excluding carboxylic acids is 1. The van der Waals surface area contributed by atoms with Gasteiger partial charge in [-0.05, 0) is 55.2 Å². The van der Waals surface area contributed by atoms with Gasteiger partial charge in [0, 0.05) is 18.8 Å². The lowest BCUT2D eigenvalue weighted by Crippen LogP contribution is -2.22. The van der Waals surface area contributed by atoms with Crippen LogP contribution in [0.5, 0.6) is 0 Å². The topological polar surface area (TPSA) is 35.5 Å². The Morgan fingerprint density at radius 2 is 2.00 bits per heavy atom. The molecule has 0 radical (unpaired) electrons. The van der Waals surface area contributed by atoms with Crippen LogP contribution >= 0.6 is 0 Å². The largest absolute Gasteiger partial charge is 0.381 e. The number of fused-ring (bicyclic) bond motifs is 1. The van der Waals surface area contributed by atoms with Gasteiger partial charge in [-0.2, -0.15) is 0 Å². The van der Waals surface area contributed by atoms with Crippen molar-refractivity contribution in [2.45, 2.75) is 32.1 Å². The van der Waals surface area contributed by atoms with Gasteiger partial charge in [0.05, 0.1) is 6.61 Å². The molecule has 1 fully saturated rings. The van der Waals surface area contributed by atoms with Crippen LogP contribution in [-0.4, -0.2) is 32.2 Å². The van der Waals surface area contributed by atoms with E-state index in [-0.39, 0.29) is 12.4 Å². The molecule has 20 heavy (non-hydrogen) atoms. The monoisotopic (exact) mass is 274 g/mol. The predicted octanol–water partition coefficient (Wildman–Crippen LogP) is 2.80. The smallest absolute Gasteiger partial charge is 0.188 e. The van der Waals surface area contributed by atoms with Crippen molar-refractivity contribution in [1.82, 2.24) is 0 Å². The van der Waals surface area contributed by atoms with E-state index in [0.717, 1.165) is 44.5 Å². The fraction of sp³-hybridized carbons (Fsp3) is 0.588. The average molecular weight is 274 g/mol. The van der Waals surface area contributed by atoms with Crippen LogP contribution in [0.1, 0.15) is 40.7 Å². The molecule has 2 aliphatic rings. The molecule has 1 aliphatic carbocycles. The number of rotatable bonds is 5. The Bertz CT molecular complexity index is 475. The molecular weight excluding hydrogens is 252 g/mol. The Labute approximate surface area is 120 Å². The lowest BCUT2D eigenvalue weighted by atomic mass is 10.0. The van der Waals surface area contributed by atoms with Gasteiger partial charge in [-0.15, -0.1) is 0 Å². The summed E-state index contributed by atoms with van der Waals surface area (Å²) in [4.78, 5) is 12.1. The van der Waals surface area contributed by atoms with Crippen LogP contribution in [0.25, 0.3) is 0 Å². The molecule has 3 heteroatoms. The quantitative estimate of drug-likeness (QED) is 0.775. The molecule has 0 unspecified atom stereocenters. The van der Waals surface area contributed by atoms with Crippen molar-refractivity contribution in [3.63, 3.8) is 0 Å². The number of ketones is 1. The third-order valence-electron chi connectivity index (χ3n) is 4.35. The first-order chi connectivity index (χ1) is 9.83. The number of ether oxygens (including phenoxy) is 2. The molecule has 0 spiro atoms. The second-order valence-electron chi connectivity index (χ2n) is 5.83. The number of Topliss-reactive ketones (excluding diaryl/α,β-unsaturated/α-hetero) is 1. The SMILES string of the molecule is O=C(COCC1CCOCC1)c1ccc2c(c1)CCC2. The van der Waals surface area contributed by atoms with Crippen molar-refractivity contribution >= 4 is 5.78 Å². The van der Waals surface area contributed by atoms with E-state index in [1.807, 2.05) is 6.07 Å². The first-order valence-electron chi connectivity index (χ1n) is 7.63. The van der Waals surface area contributed by atoms with Crippen molar-refractivity contribution in [3.05, 3.63) is 34.9 Å². The zero-order chi connectivity index (χ0) is 13.8. The standard InChI is InChI=1S/C17H22O3/c18-17(12-20-11-13-6-8-19-9-7-13)16-5-4-14-2-1-3-15(14)10-16/h4-5,10,13H,1-3,6-9,11-12H2. The Morgan fingerprint density at radius 3 is 2.85 bits per heavy atom. The molecule has 108 valence electrons. The molecule has 0 bridgehead atoms. The van der Waals surface area contributed by atoms with E-state index < -0.39 is 0 Å². The molecular formula is C17H22O3. The summed E-state index contributed by atoms with van der Waals surface area (Å²) >= 11 is 0. The molecule has 1 aromatic carbocycles. The number of benzene rings is 1. The van der Waals surface area contributed by atoms with Crippen LogP contribution in [-0.2, 0) is 22.3 Å². The van der Waals surface area contributed by atoms with Gasteiger partial charge in [-0.3, -0.25) is 4.79 Å². The summed E-state index contributed by atoms with van der Waals surface area (Å²) in [6, 6.07) is 6.11.